The molecule has 0 aliphatic carbocycles. The summed E-state index contributed by atoms with van der Waals surface area (Å²) in [7, 11) is 0. The zero-order valence-corrected chi connectivity index (χ0v) is 18.9. The van der Waals surface area contributed by atoms with Crippen LogP contribution in [0.4, 0.5) is 11.4 Å². The van der Waals surface area contributed by atoms with E-state index in [2.05, 4.69) is 34.4 Å². The summed E-state index contributed by atoms with van der Waals surface area (Å²) in [5.74, 6) is 5.26. The average Bonchev–Trinajstić information content (AvgIpc) is 2.84. The molecule has 0 bridgehead atoms. The molecule has 168 valence electrons. The number of nitrogens with zero attached hydrogens (tertiary/aromatic N) is 1. The maximum atomic E-state index is 13.3. The molecule has 3 rings (SSSR count). The molecule has 0 aliphatic heterocycles. The van der Waals surface area contributed by atoms with Gasteiger partial charge in [0.25, 0.3) is 5.91 Å². The standard InChI is InChI=1S/C27H27N3O3/c1-3-5-17-29-24-16-14-20(13-15-21-10-8-9-18-28-21)19-23(24)26(31)30-25-12-7-6-11-22(25)27(32)33-4-2/h6-12,14,16,18-19,29H,3-5,17H2,1-2H3,(H,30,31). The minimum absolute atomic E-state index is 0.254. The molecule has 1 aromatic heterocycles. The summed E-state index contributed by atoms with van der Waals surface area (Å²) >= 11 is 0. The van der Waals surface area contributed by atoms with Crippen LogP contribution in [0.25, 0.3) is 0 Å². The molecule has 33 heavy (non-hydrogen) atoms. The van der Waals surface area contributed by atoms with Gasteiger partial charge in [0, 0.05) is 24.0 Å². The molecule has 0 radical (unpaired) electrons. The zero-order chi connectivity index (χ0) is 23.5. The van der Waals surface area contributed by atoms with Crippen molar-refractivity contribution in [3.8, 4) is 11.8 Å². The summed E-state index contributed by atoms with van der Waals surface area (Å²) in [5.41, 5.74) is 3.18. The molecule has 1 amide bonds. The summed E-state index contributed by atoms with van der Waals surface area (Å²) < 4.78 is 5.11. The van der Waals surface area contributed by atoms with E-state index >= 15 is 0 Å². The van der Waals surface area contributed by atoms with E-state index < -0.39 is 5.97 Å². The number of carbonyl (C=O) groups is 2. The normalized spacial score (nSPS) is 10.0. The topological polar surface area (TPSA) is 80.3 Å². The Balaban J connectivity index is 1.91. The summed E-state index contributed by atoms with van der Waals surface area (Å²) in [4.78, 5) is 29.8. The number of ether oxygens (including phenoxy) is 1. The molecular formula is C27H27N3O3. The van der Waals surface area contributed by atoms with Gasteiger partial charge in [-0.05, 0) is 61.7 Å². The first-order valence-corrected chi connectivity index (χ1v) is 11.0. The van der Waals surface area contributed by atoms with Gasteiger partial charge in [0.15, 0.2) is 0 Å². The second kappa shape index (κ2) is 12.1. The minimum Gasteiger partial charge on any atom is -0.462 e. The van der Waals surface area contributed by atoms with Crippen molar-refractivity contribution in [2.24, 2.45) is 0 Å². The molecule has 0 unspecified atom stereocenters. The maximum absolute atomic E-state index is 13.3. The lowest BCUT2D eigenvalue weighted by molar-refractivity contribution is 0.0527. The van der Waals surface area contributed by atoms with Crippen LogP contribution in [0.15, 0.2) is 66.9 Å². The number of carbonyl (C=O) groups excluding carboxylic acids is 2. The number of para-hydroxylation sites is 1. The van der Waals surface area contributed by atoms with Gasteiger partial charge in [0.05, 0.1) is 23.4 Å². The fourth-order valence-corrected chi connectivity index (χ4v) is 3.11. The summed E-state index contributed by atoms with van der Waals surface area (Å²) in [6.45, 7) is 4.85. The van der Waals surface area contributed by atoms with Crippen LogP contribution in [-0.4, -0.2) is 30.0 Å². The molecular weight excluding hydrogens is 414 g/mol. The van der Waals surface area contributed by atoms with E-state index in [9.17, 15) is 9.59 Å². The van der Waals surface area contributed by atoms with Crippen molar-refractivity contribution >= 4 is 23.3 Å². The van der Waals surface area contributed by atoms with Crippen LogP contribution in [0.1, 0.15) is 58.7 Å². The van der Waals surface area contributed by atoms with Gasteiger partial charge in [-0.1, -0.05) is 37.5 Å². The highest BCUT2D eigenvalue weighted by molar-refractivity contribution is 6.10. The molecule has 0 fully saturated rings. The molecule has 0 spiro atoms. The van der Waals surface area contributed by atoms with Crippen LogP contribution in [-0.2, 0) is 4.74 Å². The monoisotopic (exact) mass is 441 g/mol. The van der Waals surface area contributed by atoms with Crippen molar-refractivity contribution in [1.82, 2.24) is 4.98 Å². The molecule has 3 aromatic rings. The SMILES string of the molecule is CCCCNc1ccc(C#Cc2ccccn2)cc1C(=O)Nc1ccccc1C(=O)OCC. The fraction of sp³-hybridized carbons (Fsp3) is 0.222. The van der Waals surface area contributed by atoms with Gasteiger partial charge in [0.2, 0.25) is 0 Å². The molecule has 6 heteroatoms. The Labute approximate surface area is 194 Å². The van der Waals surface area contributed by atoms with Gasteiger partial charge in [-0.25, -0.2) is 9.78 Å². The Morgan fingerprint density at radius 1 is 0.939 bits per heavy atom. The third-order valence-corrected chi connectivity index (χ3v) is 4.78. The van der Waals surface area contributed by atoms with E-state index in [0.29, 0.717) is 33.8 Å². The lowest BCUT2D eigenvalue weighted by Gasteiger charge is -2.14. The molecule has 0 atom stereocenters. The Morgan fingerprint density at radius 2 is 1.76 bits per heavy atom. The largest absolute Gasteiger partial charge is 0.462 e. The predicted octanol–water partition coefficient (Wildman–Crippen LogP) is 5.12. The Bertz CT molecular complexity index is 1160. The number of anilines is 2. The highest BCUT2D eigenvalue weighted by atomic mass is 16.5. The number of benzene rings is 2. The Kier molecular flexibility index (Phi) is 8.61. The van der Waals surface area contributed by atoms with Crippen LogP contribution >= 0.6 is 0 Å². The maximum Gasteiger partial charge on any atom is 0.340 e. The number of rotatable bonds is 8. The van der Waals surface area contributed by atoms with Crippen molar-refractivity contribution in [3.63, 3.8) is 0 Å². The second-order valence-electron chi connectivity index (χ2n) is 7.23. The molecule has 2 aromatic carbocycles. The Morgan fingerprint density at radius 3 is 2.52 bits per heavy atom. The number of nitrogens with one attached hydrogen (secondary N) is 2. The molecule has 1 heterocycles. The van der Waals surface area contributed by atoms with Gasteiger partial charge < -0.3 is 15.4 Å². The molecule has 0 aliphatic rings. The van der Waals surface area contributed by atoms with E-state index in [0.717, 1.165) is 19.4 Å². The highest BCUT2D eigenvalue weighted by Crippen LogP contribution is 2.22. The van der Waals surface area contributed by atoms with Gasteiger partial charge in [-0.2, -0.15) is 0 Å². The number of amides is 1. The number of esters is 1. The average molecular weight is 442 g/mol. The summed E-state index contributed by atoms with van der Waals surface area (Å²) in [5, 5.41) is 6.18. The van der Waals surface area contributed by atoms with E-state index in [1.165, 1.54) is 0 Å². The number of aromatic nitrogens is 1. The third-order valence-electron chi connectivity index (χ3n) is 4.78. The summed E-state index contributed by atoms with van der Waals surface area (Å²) in [6, 6.07) is 17.8. The second-order valence-corrected chi connectivity index (χ2v) is 7.23. The smallest absolute Gasteiger partial charge is 0.340 e. The lowest BCUT2D eigenvalue weighted by Crippen LogP contribution is -2.18. The molecule has 0 saturated heterocycles. The van der Waals surface area contributed by atoms with Crippen LogP contribution in [0.5, 0.6) is 0 Å². The fourth-order valence-electron chi connectivity index (χ4n) is 3.11. The molecule has 0 saturated carbocycles. The van der Waals surface area contributed by atoms with Crippen molar-refractivity contribution in [3.05, 3.63) is 89.2 Å². The molecule has 6 nitrogen and oxygen atoms in total. The highest BCUT2D eigenvalue weighted by Gasteiger charge is 2.17. The van der Waals surface area contributed by atoms with E-state index in [4.69, 9.17) is 4.74 Å². The van der Waals surface area contributed by atoms with Crippen LogP contribution < -0.4 is 10.6 Å². The van der Waals surface area contributed by atoms with Crippen molar-refractivity contribution < 1.29 is 14.3 Å². The van der Waals surface area contributed by atoms with E-state index in [-0.39, 0.29) is 12.5 Å². The molecule has 2 N–H and O–H groups in total. The van der Waals surface area contributed by atoms with Crippen LogP contribution in [0.2, 0.25) is 0 Å². The van der Waals surface area contributed by atoms with Gasteiger partial charge in [-0.15, -0.1) is 0 Å². The number of pyridine rings is 1. The van der Waals surface area contributed by atoms with Gasteiger partial charge in [-0.3, -0.25) is 4.79 Å². The van der Waals surface area contributed by atoms with Gasteiger partial charge in [0.1, 0.15) is 5.69 Å². The first kappa shape index (κ1) is 23.6. The quantitative estimate of drug-likeness (QED) is 0.288. The van der Waals surface area contributed by atoms with Gasteiger partial charge >= 0.3 is 5.97 Å². The van der Waals surface area contributed by atoms with Crippen molar-refractivity contribution in [2.75, 3.05) is 23.8 Å². The van der Waals surface area contributed by atoms with Crippen LogP contribution in [0, 0.1) is 11.8 Å². The predicted molar refractivity (Wildman–Crippen MR) is 130 cm³/mol. The van der Waals surface area contributed by atoms with E-state index in [1.807, 2.05) is 30.3 Å². The number of hydrogen-bond acceptors (Lipinski definition) is 5. The lowest BCUT2D eigenvalue weighted by atomic mass is 10.1. The third kappa shape index (κ3) is 6.68. The number of hydrogen-bond donors (Lipinski definition) is 2. The van der Waals surface area contributed by atoms with Crippen molar-refractivity contribution in [2.45, 2.75) is 26.7 Å². The summed E-state index contributed by atoms with van der Waals surface area (Å²) in [6.07, 6.45) is 3.70. The first-order chi connectivity index (χ1) is 16.1. The first-order valence-electron chi connectivity index (χ1n) is 11.0. The minimum atomic E-state index is -0.482. The Hall–Kier alpha value is -4.11. The van der Waals surface area contributed by atoms with Crippen molar-refractivity contribution in [1.29, 1.82) is 0 Å². The number of unbranched alkanes of at least 4 members (excludes halogenated alkanes) is 1. The zero-order valence-electron chi connectivity index (χ0n) is 18.9. The van der Waals surface area contributed by atoms with E-state index in [1.54, 1.807) is 43.5 Å². The van der Waals surface area contributed by atoms with Crippen LogP contribution in [0.3, 0.4) is 0 Å².